The minimum atomic E-state index is -0.0186. The van der Waals surface area contributed by atoms with E-state index in [0.29, 0.717) is 12.2 Å². The molecule has 40 heavy (non-hydrogen) atoms. The molecule has 0 bridgehead atoms. The summed E-state index contributed by atoms with van der Waals surface area (Å²) in [5, 5.41) is 6.57. The van der Waals surface area contributed by atoms with Crippen LogP contribution in [-0.2, 0) is 22.5 Å². The first-order valence-corrected chi connectivity index (χ1v) is 13.8. The van der Waals surface area contributed by atoms with Gasteiger partial charge in [0.15, 0.2) is 11.5 Å². The van der Waals surface area contributed by atoms with Gasteiger partial charge in [0, 0.05) is 61.3 Å². The van der Waals surface area contributed by atoms with Gasteiger partial charge in [0.1, 0.15) is 5.65 Å². The molecule has 0 aliphatic carbocycles. The number of carbonyl (C=O) groups excluding carboxylic acids is 1. The SMILES string of the molecule is COc1cc2c(cc1OC)NC(CC(=O)Nc1ccc(-c3nc4ccccn4c3CN3CCOCC3)cc1)CC2. The Morgan fingerprint density at radius 2 is 1.85 bits per heavy atom. The van der Waals surface area contributed by atoms with E-state index in [0.717, 1.165) is 85.4 Å². The number of ether oxygens (including phenoxy) is 3. The van der Waals surface area contributed by atoms with Gasteiger partial charge in [0.05, 0.1) is 38.8 Å². The fraction of sp³-hybridized carbons (Fsp3) is 0.355. The van der Waals surface area contributed by atoms with Crippen molar-refractivity contribution < 1.29 is 19.0 Å². The number of benzene rings is 2. The Morgan fingerprint density at radius 3 is 2.62 bits per heavy atom. The molecule has 1 amide bonds. The number of imidazole rings is 1. The van der Waals surface area contributed by atoms with Crippen molar-refractivity contribution >= 4 is 22.9 Å². The average Bonchev–Trinajstić information content (AvgIpc) is 3.35. The lowest BCUT2D eigenvalue weighted by atomic mass is 9.95. The largest absolute Gasteiger partial charge is 0.493 e. The van der Waals surface area contributed by atoms with Gasteiger partial charge in [-0.2, -0.15) is 0 Å². The number of nitrogens with zero attached hydrogens (tertiary/aromatic N) is 3. The predicted octanol–water partition coefficient (Wildman–Crippen LogP) is 4.61. The van der Waals surface area contributed by atoms with Crippen LogP contribution >= 0.6 is 0 Å². The number of aromatic nitrogens is 2. The highest BCUT2D eigenvalue weighted by Crippen LogP contribution is 2.37. The molecule has 2 aromatic heterocycles. The van der Waals surface area contributed by atoms with Crippen molar-refractivity contribution in [2.75, 3.05) is 51.2 Å². The van der Waals surface area contributed by atoms with Gasteiger partial charge in [-0.1, -0.05) is 18.2 Å². The van der Waals surface area contributed by atoms with Crippen LogP contribution in [0.15, 0.2) is 60.8 Å². The summed E-state index contributed by atoms with van der Waals surface area (Å²) in [6.07, 6.45) is 4.20. The maximum atomic E-state index is 12.9. The van der Waals surface area contributed by atoms with Gasteiger partial charge in [-0.05, 0) is 48.7 Å². The van der Waals surface area contributed by atoms with Crippen LogP contribution in [0, 0.1) is 0 Å². The lowest BCUT2D eigenvalue weighted by molar-refractivity contribution is -0.116. The molecule has 1 atom stereocenters. The van der Waals surface area contributed by atoms with Crippen LogP contribution < -0.4 is 20.1 Å². The molecule has 4 aromatic rings. The number of hydrogen-bond donors (Lipinski definition) is 2. The van der Waals surface area contributed by atoms with Gasteiger partial charge < -0.3 is 29.2 Å². The van der Waals surface area contributed by atoms with Crippen molar-refractivity contribution in [2.24, 2.45) is 0 Å². The second-order valence-corrected chi connectivity index (χ2v) is 10.3. The van der Waals surface area contributed by atoms with Gasteiger partial charge in [0.2, 0.25) is 5.91 Å². The molecular formula is C31H35N5O4. The number of carbonyl (C=O) groups is 1. The van der Waals surface area contributed by atoms with Crippen LogP contribution in [0.1, 0.15) is 24.1 Å². The van der Waals surface area contributed by atoms with Crippen molar-refractivity contribution in [3.63, 3.8) is 0 Å². The summed E-state index contributed by atoms with van der Waals surface area (Å²) < 4.78 is 18.6. The number of fused-ring (bicyclic) bond motifs is 2. The van der Waals surface area contributed by atoms with Gasteiger partial charge in [-0.3, -0.25) is 9.69 Å². The van der Waals surface area contributed by atoms with Gasteiger partial charge in [-0.25, -0.2) is 4.98 Å². The molecule has 0 radical (unpaired) electrons. The number of anilines is 2. The molecule has 4 heterocycles. The summed E-state index contributed by atoms with van der Waals surface area (Å²) >= 11 is 0. The molecule has 0 spiro atoms. The summed E-state index contributed by atoms with van der Waals surface area (Å²) in [6.45, 7) is 4.14. The fourth-order valence-corrected chi connectivity index (χ4v) is 5.58. The smallest absolute Gasteiger partial charge is 0.226 e. The second-order valence-electron chi connectivity index (χ2n) is 10.3. The molecular weight excluding hydrogens is 506 g/mol. The summed E-state index contributed by atoms with van der Waals surface area (Å²) in [7, 11) is 3.27. The van der Waals surface area contributed by atoms with Crippen molar-refractivity contribution in [3.05, 3.63) is 72.1 Å². The zero-order chi connectivity index (χ0) is 27.5. The average molecular weight is 542 g/mol. The quantitative estimate of drug-likeness (QED) is 0.337. The Morgan fingerprint density at radius 1 is 1.07 bits per heavy atom. The third kappa shape index (κ3) is 5.48. The van der Waals surface area contributed by atoms with E-state index < -0.39 is 0 Å². The van der Waals surface area contributed by atoms with Crippen LogP contribution in [0.25, 0.3) is 16.9 Å². The van der Waals surface area contributed by atoms with Crippen molar-refractivity contribution in [1.29, 1.82) is 0 Å². The molecule has 208 valence electrons. The summed E-state index contributed by atoms with van der Waals surface area (Å²) in [4.78, 5) is 20.3. The minimum Gasteiger partial charge on any atom is -0.493 e. The minimum absolute atomic E-state index is 0.0186. The number of pyridine rings is 1. The number of aryl methyl sites for hydroxylation is 1. The Hall–Kier alpha value is -4.08. The lowest BCUT2D eigenvalue weighted by Crippen LogP contribution is -2.36. The number of methoxy groups -OCH3 is 2. The first-order chi connectivity index (χ1) is 19.6. The molecule has 2 N–H and O–H groups in total. The van der Waals surface area contributed by atoms with Crippen LogP contribution in [0.4, 0.5) is 11.4 Å². The standard InChI is InChI=1S/C31H35N5O4/c1-38-27-17-22-8-11-24(32-25(22)19-28(27)39-2)18-30(37)33-23-9-6-21(7-10-23)31-26(20-35-13-15-40-16-14-35)36-12-4-3-5-29(36)34-31/h3-7,9-10,12,17,19,24,32H,8,11,13-16,18,20H2,1-2H3,(H,33,37). The Bertz CT molecular complexity index is 1490. The molecule has 2 aliphatic heterocycles. The van der Waals surface area contributed by atoms with E-state index in [1.165, 1.54) is 5.56 Å². The summed E-state index contributed by atoms with van der Waals surface area (Å²) in [6, 6.07) is 18.1. The Balaban J connectivity index is 1.13. The van der Waals surface area contributed by atoms with Crippen molar-refractivity contribution in [2.45, 2.75) is 31.8 Å². The van der Waals surface area contributed by atoms with Crippen LogP contribution in [0.5, 0.6) is 11.5 Å². The van der Waals surface area contributed by atoms with E-state index in [1.54, 1.807) is 14.2 Å². The third-order valence-corrected chi connectivity index (χ3v) is 7.71. The van der Waals surface area contributed by atoms with Crippen LogP contribution in [-0.4, -0.2) is 66.8 Å². The van der Waals surface area contributed by atoms with Crippen molar-refractivity contribution in [3.8, 4) is 22.8 Å². The molecule has 0 saturated carbocycles. The predicted molar refractivity (Wildman–Crippen MR) is 155 cm³/mol. The van der Waals surface area contributed by atoms with E-state index in [4.69, 9.17) is 19.2 Å². The Labute approximate surface area is 234 Å². The maximum Gasteiger partial charge on any atom is 0.226 e. The number of hydrogen-bond acceptors (Lipinski definition) is 7. The topological polar surface area (TPSA) is 89.4 Å². The number of rotatable bonds is 8. The van der Waals surface area contributed by atoms with E-state index in [1.807, 2.05) is 54.6 Å². The lowest BCUT2D eigenvalue weighted by Gasteiger charge is -2.27. The fourth-order valence-electron chi connectivity index (χ4n) is 5.58. The van der Waals surface area contributed by atoms with Crippen molar-refractivity contribution in [1.82, 2.24) is 14.3 Å². The molecule has 1 saturated heterocycles. The van der Waals surface area contributed by atoms with Crippen LogP contribution in [0.2, 0.25) is 0 Å². The van der Waals surface area contributed by atoms with Gasteiger partial charge >= 0.3 is 0 Å². The number of nitrogens with one attached hydrogen (secondary N) is 2. The monoisotopic (exact) mass is 541 g/mol. The second kappa shape index (κ2) is 11.6. The first-order valence-electron chi connectivity index (χ1n) is 13.8. The summed E-state index contributed by atoms with van der Waals surface area (Å²) in [5.74, 6) is 1.38. The zero-order valence-electron chi connectivity index (χ0n) is 23.0. The van der Waals surface area contributed by atoms with Gasteiger partial charge in [0.25, 0.3) is 0 Å². The highest BCUT2D eigenvalue weighted by molar-refractivity contribution is 5.91. The zero-order valence-corrected chi connectivity index (χ0v) is 23.0. The maximum absolute atomic E-state index is 12.9. The van der Waals surface area contributed by atoms with E-state index in [-0.39, 0.29) is 11.9 Å². The van der Waals surface area contributed by atoms with Gasteiger partial charge in [-0.15, -0.1) is 0 Å². The molecule has 9 heteroatoms. The Kier molecular flexibility index (Phi) is 7.57. The van der Waals surface area contributed by atoms with E-state index in [2.05, 4.69) is 26.1 Å². The molecule has 2 aliphatic rings. The van der Waals surface area contributed by atoms with Crippen LogP contribution in [0.3, 0.4) is 0 Å². The van der Waals surface area contributed by atoms with E-state index in [9.17, 15) is 4.79 Å². The molecule has 1 unspecified atom stereocenters. The third-order valence-electron chi connectivity index (χ3n) is 7.71. The van der Waals surface area contributed by atoms with E-state index >= 15 is 0 Å². The molecule has 2 aromatic carbocycles. The number of amides is 1. The normalized spacial score (nSPS) is 17.2. The number of morpholine rings is 1. The molecule has 6 rings (SSSR count). The summed E-state index contributed by atoms with van der Waals surface area (Å²) in [5.41, 5.74) is 7.02. The first kappa shape index (κ1) is 26.2. The molecule has 9 nitrogen and oxygen atoms in total. The molecule has 1 fully saturated rings. The highest BCUT2D eigenvalue weighted by Gasteiger charge is 2.23. The highest BCUT2D eigenvalue weighted by atomic mass is 16.5.